The highest BCUT2D eigenvalue weighted by Crippen LogP contribution is 2.44. The standard InChI is InChI=1S/C26H17FN4O5S2/c27-19-9-5-4-8-17(19)14-37-26-29-28-25(38-26)30-21(15-10-12-18(13-11-15)31(35)36)20(23(33)24(30)34)22(32)16-6-2-1-3-7-16/h1-13,21,32H,14H2/b22-20-. The Hall–Kier alpha value is -4.42. The number of nitrogens with zero attached hydrogens (tertiary/aromatic N) is 4. The minimum absolute atomic E-state index is 0.0959. The molecule has 1 aliphatic heterocycles. The number of benzene rings is 3. The largest absolute Gasteiger partial charge is 0.507 e. The van der Waals surface area contributed by atoms with Crippen LogP contribution < -0.4 is 4.90 Å². The van der Waals surface area contributed by atoms with E-state index in [9.17, 15) is 29.2 Å². The number of rotatable bonds is 7. The van der Waals surface area contributed by atoms with E-state index >= 15 is 0 Å². The zero-order chi connectivity index (χ0) is 26.8. The zero-order valence-electron chi connectivity index (χ0n) is 19.4. The van der Waals surface area contributed by atoms with Crippen LogP contribution in [-0.2, 0) is 15.3 Å². The minimum Gasteiger partial charge on any atom is -0.507 e. The van der Waals surface area contributed by atoms with Gasteiger partial charge in [-0.1, -0.05) is 71.6 Å². The molecular formula is C26H17FN4O5S2. The van der Waals surface area contributed by atoms with E-state index < -0.39 is 22.7 Å². The number of carbonyl (C=O) groups is 2. The van der Waals surface area contributed by atoms with Crippen molar-refractivity contribution in [1.82, 2.24) is 10.2 Å². The van der Waals surface area contributed by atoms with Crippen LogP contribution in [0.2, 0.25) is 0 Å². The molecule has 3 aromatic carbocycles. The molecule has 0 radical (unpaired) electrons. The molecule has 0 bridgehead atoms. The molecule has 12 heteroatoms. The molecule has 0 aliphatic carbocycles. The Morgan fingerprint density at radius 3 is 2.39 bits per heavy atom. The van der Waals surface area contributed by atoms with Gasteiger partial charge in [0.2, 0.25) is 5.13 Å². The summed E-state index contributed by atoms with van der Waals surface area (Å²) < 4.78 is 14.4. The third-order valence-corrected chi connectivity index (χ3v) is 7.93. The van der Waals surface area contributed by atoms with Crippen molar-refractivity contribution in [3.8, 4) is 0 Å². The van der Waals surface area contributed by atoms with E-state index in [1.165, 1.54) is 42.1 Å². The van der Waals surface area contributed by atoms with E-state index in [2.05, 4.69) is 10.2 Å². The summed E-state index contributed by atoms with van der Waals surface area (Å²) in [6, 6.07) is 18.9. The van der Waals surface area contributed by atoms with Crippen LogP contribution in [0.15, 0.2) is 88.8 Å². The predicted molar refractivity (Wildman–Crippen MR) is 140 cm³/mol. The molecule has 1 amide bonds. The van der Waals surface area contributed by atoms with Gasteiger partial charge in [0.15, 0.2) is 4.34 Å². The maximum atomic E-state index is 14.0. The summed E-state index contributed by atoms with van der Waals surface area (Å²) >= 11 is 2.26. The molecule has 0 saturated carbocycles. The van der Waals surface area contributed by atoms with Gasteiger partial charge in [-0.15, -0.1) is 10.2 Å². The lowest BCUT2D eigenvalue weighted by Gasteiger charge is -2.22. The number of Topliss-reactive ketones (excluding diaryl/α,β-unsaturated/α-hetero) is 1. The number of carbonyl (C=O) groups excluding carboxylic acids is 2. The number of anilines is 1. The van der Waals surface area contributed by atoms with Crippen LogP contribution >= 0.6 is 23.1 Å². The number of amides is 1. The van der Waals surface area contributed by atoms with E-state index in [0.29, 0.717) is 21.0 Å². The molecule has 1 aromatic heterocycles. The summed E-state index contributed by atoms with van der Waals surface area (Å²) in [7, 11) is 0. The van der Waals surface area contributed by atoms with E-state index in [0.717, 1.165) is 16.2 Å². The quantitative estimate of drug-likeness (QED) is 0.0610. The van der Waals surface area contributed by atoms with Gasteiger partial charge in [-0.25, -0.2) is 4.39 Å². The fraction of sp³-hybridized carbons (Fsp3) is 0.0769. The van der Waals surface area contributed by atoms with Crippen molar-refractivity contribution in [2.24, 2.45) is 0 Å². The number of halogens is 1. The Morgan fingerprint density at radius 2 is 1.71 bits per heavy atom. The van der Waals surface area contributed by atoms with E-state index in [4.69, 9.17) is 0 Å². The highest BCUT2D eigenvalue weighted by atomic mass is 32.2. The zero-order valence-corrected chi connectivity index (χ0v) is 21.0. The number of aliphatic hydroxyl groups is 1. The lowest BCUT2D eigenvalue weighted by atomic mass is 9.95. The molecule has 38 heavy (non-hydrogen) atoms. The topological polar surface area (TPSA) is 127 Å². The van der Waals surface area contributed by atoms with Crippen LogP contribution in [-0.4, -0.2) is 31.9 Å². The van der Waals surface area contributed by atoms with Crippen molar-refractivity contribution in [3.63, 3.8) is 0 Å². The maximum absolute atomic E-state index is 14.0. The fourth-order valence-corrected chi connectivity index (χ4v) is 5.84. The van der Waals surface area contributed by atoms with Gasteiger partial charge in [0.25, 0.3) is 11.5 Å². The molecule has 1 atom stereocenters. The number of aliphatic hydroxyl groups excluding tert-OH is 1. The van der Waals surface area contributed by atoms with E-state index in [1.54, 1.807) is 48.5 Å². The summed E-state index contributed by atoms with van der Waals surface area (Å²) in [4.78, 5) is 38.2. The van der Waals surface area contributed by atoms with Crippen molar-refractivity contribution in [2.45, 2.75) is 16.1 Å². The number of thioether (sulfide) groups is 1. The highest BCUT2D eigenvalue weighted by Gasteiger charge is 2.48. The molecule has 1 N–H and O–H groups in total. The number of aromatic nitrogens is 2. The number of hydrogen-bond donors (Lipinski definition) is 1. The second kappa shape index (κ2) is 10.5. The molecule has 1 unspecified atom stereocenters. The second-order valence-corrected chi connectivity index (χ2v) is 10.3. The van der Waals surface area contributed by atoms with E-state index in [-0.39, 0.29) is 33.7 Å². The van der Waals surface area contributed by atoms with Crippen LogP contribution in [0, 0.1) is 15.9 Å². The average Bonchev–Trinajstić information content (AvgIpc) is 3.50. The second-order valence-electron chi connectivity index (χ2n) is 8.11. The van der Waals surface area contributed by atoms with Crippen LogP contribution in [0.25, 0.3) is 5.76 Å². The summed E-state index contributed by atoms with van der Waals surface area (Å²) in [6.45, 7) is 0. The average molecular weight is 549 g/mol. The Bertz CT molecular complexity index is 1570. The summed E-state index contributed by atoms with van der Waals surface area (Å²) in [6.07, 6.45) is 0. The Balaban J connectivity index is 1.55. The Labute approximate surface area is 223 Å². The third-order valence-electron chi connectivity index (χ3n) is 5.82. The van der Waals surface area contributed by atoms with Gasteiger partial charge in [-0.2, -0.15) is 0 Å². The van der Waals surface area contributed by atoms with Crippen molar-refractivity contribution in [2.75, 3.05) is 4.90 Å². The molecule has 190 valence electrons. The van der Waals surface area contributed by atoms with Crippen molar-refractivity contribution < 1.29 is 24.0 Å². The number of nitro benzene ring substituents is 1. The lowest BCUT2D eigenvalue weighted by molar-refractivity contribution is -0.384. The van der Waals surface area contributed by atoms with E-state index in [1.807, 2.05) is 0 Å². The van der Waals surface area contributed by atoms with Gasteiger partial charge in [0, 0.05) is 23.4 Å². The smallest absolute Gasteiger partial charge is 0.301 e. The normalized spacial score (nSPS) is 16.7. The van der Waals surface area contributed by atoms with Gasteiger partial charge in [-0.3, -0.25) is 24.6 Å². The molecule has 1 saturated heterocycles. The van der Waals surface area contributed by atoms with Gasteiger partial charge in [0.1, 0.15) is 11.6 Å². The summed E-state index contributed by atoms with van der Waals surface area (Å²) in [5.41, 5.74) is 0.824. The fourth-order valence-electron chi connectivity index (χ4n) is 3.99. The Morgan fingerprint density at radius 1 is 1.03 bits per heavy atom. The molecule has 0 spiro atoms. The van der Waals surface area contributed by atoms with Gasteiger partial charge >= 0.3 is 5.91 Å². The summed E-state index contributed by atoms with van der Waals surface area (Å²) in [5, 5.41) is 30.5. The predicted octanol–water partition coefficient (Wildman–Crippen LogP) is 5.50. The first-order chi connectivity index (χ1) is 18.3. The number of non-ortho nitro benzene ring substituents is 1. The van der Waals surface area contributed by atoms with Crippen molar-refractivity contribution >= 4 is 51.4 Å². The first-order valence-electron chi connectivity index (χ1n) is 11.2. The van der Waals surface area contributed by atoms with Crippen molar-refractivity contribution in [1.29, 1.82) is 0 Å². The molecule has 2 heterocycles. The van der Waals surface area contributed by atoms with Gasteiger partial charge < -0.3 is 5.11 Å². The van der Waals surface area contributed by atoms with Gasteiger partial charge in [0.05, 0.1) is 16.5 Å². The number of nitro groups is 1. The van der Waals surface area contributed by atoms with Crippen LogP contribution in [0.4, 0.5) is 15.2 Å². The molecule has 1 aliphatic rings. The maximum Gasteiger partial charge on any atom is 0.301 e. The minimum atomic E-state index is -1.10. The molecule has 4 aromatic rings. The van der Waals surface area contributed by atoms with Crippen LogP contribution in [0.5, 0.6) is 0 Å². The first kappa shape index (κ1) is 25.2. The molecule has 5 rings (SSSR count). The van der Waals surface area contributed by atoms with Crippen LogP contribution in [0.1, 0.15) is 22.7 Å². The van der Waals surface area contributed by atoms with Gasteiger partial charge in [-0.05, 0) is 29.3 Å². The number of hydrogen-bond acceptors (Lipinski definition) is 9. The Kier molecular flexibility index (Phi) is 6.99. The summed E-state index contributed by atoms with van der Waals surface area (Å²) in [5.74, 6) is -2.30. The lowest BCUT2D eigenvalue weighted by Crippen LogP contribution is -2.29. The SMILES string of the molecule is O=C1C(=O)N(c2nnc(SCc3ccccc3F)s2)C(c2ccc([N+](=O)[O-])cc2)/C1=C(/O)c1ccccc1. The first-order valence-corrected chi connectivity index (χ1v) is 13.0. The molecule has 1 fully saturated rings. The monoisotopic (exact) mass is 548 g/mol. The number of ketones is 1. The van der Waals surface area contributed by atoms with Crippen LogP contribution in [0.3, 0.4) is 0 Å². The molecule has 9 nitrogen and oxygen atoms in total. The van der Waals surface area contributed by atoms with Crippen molar-refractivity contribution in [3.05, 3.63) is 117 Å². The molecular weight excluding hydrogens is 531 g/mol. The third kappa shape index (κ3) is 4.78. The highest BCUT2D eigenvalue weighted by molar-refractivity contribution is 8.00.